The van der Waals surface area contributed by atoms with E-state index < -0.39 is 6.04 Å². The van der Waals surface area contributed by atoms with Crippen molar-refractivity contribution in [2.45, 2.75) is 70.9 Å². The van der Waals surface area contributed by atoms with E-state index >= 15 is 0 Å². The van der Waals surface area contributed by atoms with E-state index in [1.54, 1.807) is 23.7 Å². The van der Waals surface area contributed by atoms with Gasteiger partial charge >= 0.3 is 0 Å². The van der Waals surface area contributed by atoms with E-state index in [1.807, 2.05) is 18.2 Å². The lowest BCUT2D eigenvalue weighted by molar-refractivity contribution is -0.133. The highest BCUT2D eigenvalue weighted by atomic mass is 16.2. The minimum Gasteiger partial charge on any atom is -0.347 e. The fourth-order valence-electron chi connectivity index (χ4n) is 5.77. The molecule has 2 aromatic heterocycles. The Balaban J connectivity index is 1.51. The first-order valence-corrected chi connectivity index (χ1v) is 13.9. The highest BCUT2D eigenvalue weighted by Crippen LogP contribution is 2.33. The molecule has 3 heterocycles. The molecule has 0 saturated heterocycles. The molecule has 1 N–H and O–H groups in total. The molecule has 0 spiro atoms. The van der Waals surface area contributed by atoms with Gasteiger partial charge in [0.05, 0.1) is 0 Å². The average molecular weight is 528 g/mol. The minimum atomic E-state index is -0.452. The summed E-state index contributed by atoms with van der Waals surface area (Å²) in [5.74, 6) is 0.606. The van der Waals surface area contributed by atoms with Crippen LogP contribution in [0.25, 0.3) is 22.5 Å². The number of carbonyl (C=O) groups is 1. The number of hydrogen-bond donors (Lipinski definition) is 1. The lowest BCUT2D eigenvalue weighted by Crippen LogP contribution is -2.42. The molecule has 2 unspecified atom stereocenters. The number of unbranched alkanes of at least 4 members (excludes halogenated alkanes) is 2. The van der Waals surface area contributed by atoms with Gasteiger partial charge in [0, 0.05) is 43.4 Å². The van der Waals surface area contributed by atoms with Crippen molar-refractivity contribution in [3.05, 3.63) is 75.7 Å². The van der Waals surface area contributed by atoms with Gasteiger partial charge in [0.15, 0.2) is 5.82 Å². The molecule has 9 heteroatoms. The Morgan fingerprint density at radius 1 is 1.03 bits per heavy atom. The minimum absolute atomic E-state index is 0.0145. The van der Waals surface area contributed by atoms with Crippen molar-refractivity contribution in [2.24, 2.45) is 0 Å². The second-order valence-electron chi connectivity index (χ2n) is 10.7. The van der Waals surface area contributed by atoms with Crippen LogP contribution in [-0.4, -0.2) is 54.9 Å². The quantitative estimate of drug-likeness (QED) is 0.315. The van der Waals surface area contributed by atoms with Crippen LogP contribution in [0.3, 0.4) is 0 Å². The van der Waals surface area contributed by atoms with Gasteiger partial charge in [-0.1, -0.05) is 68.3 Å². The van der Waals surface area contributed by atoms with Crippen molar-refractivity contribution >= 4 is 5.91 Å². The Morgan fingerprint density at radius 3 is 2.44 bits per heavy atom. The molecule has 0 bridgehead atoms. The largest absolute Gasteiger partial charge is 0.347 e. The van der Waals surface area contributed by atoms with Crippen molar-refractivity contribution in [3.63, 3.8) is 0 Å². The van der Waals surface area contributed by atoms with Crippen LogP contribution in [-0.2, 0) is 17.6 Å². The van der Waals surface area contributed by atoms with Crippen LogP contribution >= 0.6 is 0 Å². The van der Waals surface area contributed by atoms with Gasteiger partial charge in [-0.25, -0.2) is 9.78 Å². The first-order chi connectivity index (χ1) is 18.9. The molecule has 5 rings (SSSR count). The van der Waals surface area contributed by atoms with Crippen LogP contribution in [0.5, 0.6) is 0 Å². The molecule has 1 aliphatic rings. The Morgan fingerprint density at radius 2 is 1.77 bits per heavy atom. The number of aromatic nitrogens is 6. The molecule has 0 saturated carbocycles. The second-order valence-corrected chi connectivity index (χ2v) is 10.7. The molecule has 204 valence electrons. The average Bonchev–Trinajstić information content (AvgIpc) is 3.58. The first kappa shape index (κ1) is 26.6. The predicted molar refractivity (Wildman–Crippen MR) is 151 cm³/mol. The molecule has 2 atom stereocenters. The van der Waals surface area contributed by atoms with Crippen LogP contribution in [0.4, 0.5) is 0 Å². The fraction of sp³-hybridized carbons (Fsp3) is 0.433. The van der Waals surface area contributed by atoms with Crippen molar-refractivity contribution in [3.8, 4) is 22.5 Å². The zero-order chi connectivity index (χ0) is 27.5. The highest BCUT2D eigenvalue weighted by molar-refractivity contribution is 5.81. The summed E-state index contributed by atoms with van der Waals surface area (Å²) in [6, 6.07) is 16.1. The zero-order valence-electron chi connectivity index (χ0n) is 23.2. The van der Waals surface area contributed by atoms with Crippen LogP contribution in [0.15, 0.2) is 53.3 Å². The molecular weight excluding hydrogens is 490 g/mol. The lowest BCUT2D eigenvalue weighted by atomic mass is 9.96. The molecule has 2 aromatic carbocycles. The van der Waals surface area contributed by atoms with E-state index in [1.165, 1.54) is 0 Å². The van der Waals surface area contributed by atoms with Gasteiger partial charge in [-0.05, 0) is 59.7 Å². The van der Waals surface area contributed by atoms with Crippen LogP contribution in [0.1, 0.15) is 74.9 Å². The number of H-pyrrole nitrogens is 1. The molecule has 1 aliphatic heterocycles. The zero-order valence-corrected chi connectivity index (χ0v) is 23.2. The molecule has 4 aromatic rings. The summed E-state index contributed by atoms with van der Waals surface area (Å²) >= 11 is 0. The molecule has 39 heavy (non-hydrogen) atoms. The molecule has 0 radical (unpaired) electrons. The third-order valence-corrected chi connectivity index (χ3v) is 7.81. The number of aromatic amines is 1. The monoisotopic (exact) mass is 527 g/mol. The van der Waals surface area contributed by atoms with E-state index in [9.17, 15) is 9.59 Å². The predicted octanol–water partition coefficient (Wildman–Crippen LogP) is 4.80. The standard InChI is InChI=1S/C30H37N7O2/c1-5-6-7-12-26-25(29(38)37-27(30(39)35(3)4)18-13-20(2)36(26)37)19-21-14-16-22(17-15-21)23-10-8-9-11-24(23)28-31-33-34-32-28/h8-11,14-17,20,27H,5-7,12-13,18-19H2,1-4H3,(H,31,32,33,34). The third kappa shape index (κ3) is 5.17. The number of carbonyl (C=O) groups excluding carboxylic acids is 1. The maximum Gasteiger partial charge on any atom is 0.271 e. The van der Waals surface area contributed by atoms with Gasteiger partial charge in [0.25, 0.3) is 5.56 Å². The summed E-state index contributed by atoms with van der Waals surface area (Å²) in [7, 11) is 3.53. The van der Waals surface area contributed by atoms with Gasteiger partial charge in [0.2, 0.25) is 5.91 Å². The summed E-state index contributed by atoms with van der Waals surface area (Å²) in [6.45, 7) is 4.35. The van der Waals surface area contributed by atoms with Gasteiger partial charge in [-0.3, -0.25) is 14.3 Å². The van der Waals surface area contributed by atoms with E-state index in [4.69, 9.17) is 0 Å². The van der Waals surface area contributed by atoms with E-state index in [0.29, 0.717) is 18.7 Å². The van der Waals surface area contributed by atoms with Crippen molar-refractivity contribution < 1.29 is 4.79 Å². The normalized spacial score (nSPS) is 16.7. The Hall–Kier alpha value is -4.01. The molecule has 1 amide bonds. The van der Waals surface area contributed by atoms with E-state index in [-0.39, 0.29) is 17.5 Å². The van der Waals surface area contributed by atoms with Gasteiger partial charge in [-0.2, -0.15) is 0 Å². The number of hydrogen-bond acceptors (Lipinski definition) is 5. The summed E-state index contributed by atoms with van der Waals surface area (Å²) in [5.41, 5.74) is 5.95. The highest BCUT2D eigenvalue weighted by Gasteiger charge is 2.35. The summed E-state index contributed by atoms with van der Waals surface area (Å²) in [5, 5.41) is 14.4. The molecule has 0 fully saturated rings. The molecule has 9 nitrogen and oxygen atoms in total. The van der Waals surface area contributed by atoms with Crippen molar-refractivity contribution in [2.75, 3.05) is 14.1 Å². The SMILES string of the molecule is CCCCCc1c(Cc2ccc(-c3ccccc3-c3nnn[nH]3)cc2)c(=O)n2n1C(C)CCC2C(=O)N(C)C. The number of rotatable bonds is 9. The Kier molecular flexibility index (Phi) is 7.77. The number of tetrazole rings is 1. The Bertz CT molecular complexity index is 1480. The smallest absolute Gasteiger partial charge is 0.271 e. The van der Waals surface area contributed by atoms with Crippen LogP contribution in [0, 0.1) is 0 Å². The van der Waals surface area contributed by atoms with E-state index in [0.717, 1.165) is 65.6 Å². The van der Waals surface area contributed by atoms with Crippen LogP contribution in [0.2, 0.25) is 0 Å². The van der Waals surface area contributed by atoms with Crippen molar-refractivity contribution in [1.29, 1.82) is 0 Å². The topological polar surface area (TPSA) is 102 Å². The van der Waals surface area contributed by atoms with Gasteiger partial charge in [0.1, 0.15) is 6.04 Å². The number of amides is 1. The Labute approximate surface area is 228 Å². The number of nitrogens with one attached hydrogen (secondary N) is 1. The first-order valence-electron chi connectivity index (χ1n) is 13.9. The third-order valence-electron chi connectivity index (χ3n) is 7.81. The van der Waals surface area contributed by atoms with Gasteiger partial charge in [-0.15, -0.1) is 5.10 Å². The van der Waals surface area contributed by atoms with Crippen molar-refractivity contribution in [1.82, 2.24) is 34.9 Å². The lowest BCUT2D eigenvalue weighted by Gasteiger charge is -2.33. The summed E-state index contributed by atoms with van der Waals surface area (Å²) in [4.78, 5) is 28.7. The molecular formula is C30H37N7O2. The van der Waals surface area contributed by atoms with Gasteiger partial charge < -0.3 is 4.90 Å². The maximum atomic E-state index is 14.0. The maximum absolute atomic E-state index is 14.0. The van der Waals surface area contributed by atoms with Crippen LogP contribution < -0.4 is 5.56 Å². The molecule has 0 aliphatic carbocycles. The number of nitrogens with zero attached hydrogens (tertiary/aromatic N) is 6. The number of fused-ring (bicyclic) bond motifs is 1. The summed E-state index contributed by atoms with van der Waals surface area (Å²) < 4.78 is 3.92. The number of benzene rings is 2. The van der Waals surface area contributed by atoms with E-state index in [2.05, 4.69) is 69.5 Å². The summed E-state index contributed by atoms with van der Waals surface area (Å²) in [6.07, 6.45) is 6.20. The fourth-order valence-corrected chi connectivity index (χ4v) is 5.77. The second kappa shape index (κ2) is 11.4. The number of likely N-dealkylation sites (N-methyl/N-ethyl adjacent to an activating group) is 1.